The number of hydrogen-bond donors (Lipinski definition) is 2. The average Bonchev–Trinajstić information content (AvgIpc) is 2.73. The molecule has 0 fully saturated rings. The first kappa shape index (κ1) is 20.8. The number of nitrogens with one attached hydrogen (secondary N) is 2. The first-order chi connectivity index (χ1) is 13.9. The molecule has 2 N–H and O–H groups in total. The molecule has 1 amide bonds. The van der Waals surface area contributed by atoms with Crippen LogP contribution in [0.25, 0.3) is 0 Å². The molecule has 3 aromatic rings. The summed E-state index contributed by atoms with van der Waals surface area (Å²) in [7, 11) is -5.01. The van der Waals surface area contributed by atoms with Crippen molar-refractivity contribution in [2.75, 3.05) is 15.8 Å². The van der Waals surface area contributed by atoms with E-state index in [1.165, 1.54) is 18.2 Å². The van der Waals surface area contributed by atoms with Crippen LogP contribution in [-0.2, 0) is 20.8 Å². The molecule has 29 heavy (non-hydrogen) atoms. The molecular formula is C21H20N2O4S2. The molecule has 0 saturated carbocycles. The summed E-state index contributed by atoms with van der Waals surface area (Å²) in [4.78, 5) is 13.3. The number of carbonyl (C=O) groups excluding carboxylic acids is 1. The predicted molar refractivity (Wildman–Crippen MR) is 115 cm³/mol. The second kappa shape index (κ2) is 9.02. The highest BCUT2D eigenvalue weighted by molar-refractivity contribution is 7.92. The van der Waals surface area contributed by atoms with Crippen molar-refractivity contribution in [2.24, 2.45) is 0 Å². The highest BCUT2D eigenvalue weighted by Gasteiger charge is 2.16. The topological polar surface area (TPSA) is 92.3 Å². The summed E-state index contributed by atoms with van der Waals surface area (Å²) >= 11 is 0. The van der Waals surface area contributed by atoms with E-state index < -0.39 is 26.7 Å². The Kier molecular flexibility index (Phi) is 6.46. The first-order valence-electron chi connectivity index (χ1n) is 8.87. The first-order valence-corrected chi connectivity index (χ1v) is 11.7. The van der Waals surface area contributed by atoms with Crippen LogP contribution in [0.1, 0.15) is 17.3 Å². The predicted octanol–water partition coefficient (Wildman–Crippen LogP) is 3.87. The van der Waals surface area contributed by atoms with Gasteiger partial charge in [0.25, 0.3) is 15.9 Å². The number of hydrogen-bond acceptors (Lipinski definition) is 4. The zero-order valence-corrected chi connectivity index (χ0v) is 17.3. The number of rotatable bonds is 7. The van der Waals surface area contributed by atoms with Crippen LogP contribution in [0.15, 0.2) is 88.7 Å². The lowest BCUT2D eigenvalue weighted by Crippen LogP contribution is -2.16. The maximum absolute atomic E-state index is 12.7. The quantitative estimate of drug-likeness (QED) is 0.598. The van der Waals surface area contributed by atoms with Crippen LogP contribution < -0.4 is 10.0 Å². The lowest BCUT2D eigenvalue weighted by atomic mass is 10.2. The van der Waals surface area contributed by atoms with Crippen molar-refractivity contribution in [1.29, 1.82) is 0 Å². The van der Waals surface area contributed by atoms with E-state index in [0.29, 0.717) is 27.6 Å². The van der Waals surface area contributed by atoms with Crippen LogP contribution in [0.5, 0.6) is 0 Å². The zero-order chi connectivity index (χ0) is 20.9. The van der Waals surface area contributed by atoms with Crippen molar-refractivity contribution in [3.05, 3.63) is 84.4 Å². The molecule has 3 rings (SSSR count). The van der Waals surface area contributed by atoms with Gasteiger partial charge in [0.2, 0.25) is 0 Å². The van der Waals surface area contributed by atoms with Gasteiger partial charge >= 0.3 is 0 Å². The summed E-state index contributed by atoms with van der Waals surface area (Å²) < 4.78 is 39.6. The van der Waals surface area contributed by atoms with Crippen LogP contribution in [0.2, 0.25) is 0 Å². The fourth-order valence-electron chi connectivity index (χ4n) is 2.68. The van der Waals surface area contributed by atoms with Crippen molar-refractivity contribution in [3.63, 3.8) is 0 Å². The van der Waals surface area contributed by atoms with Crippen LogP contribution in [-0.4, -0.2) is 24.3 Å². The van der Waals surface area contributed by atoms with E-state index in [0.717, 1.165) is 0 Å². The van der Waals surface area contributed by atoms with Crippen molar-refractivity contribution in [3.8, 4) is 0 Å². The van der Waals surface area contributed by atoms with Gasteiger partial charge in [-0.1, -0.05) is 43.3 Å². The third-order valence-corrected chi connectivity index (χ3v) is 6.83. The number of anilines is 2. The Morgan fingerprint density at radius 3 is 2.28 bits per heavy atom. The molecular weight excluding hydrogens is 408 g/mol. The van der Waals surface area contributed by atoms with Gasteiger partial charge in [-0.15, -0.1) is 0 Å². The van der Waals surface area contributed by atoms with Crippen molar-refractivity contribution in [1.82, 2.24) is 0 Å². The number of sulfonamides is 1. The molecule has 0 bridgehead atoms. The minimum absolute atomic E-state index is 0.144. The third kappa shape index (κ3) is 5.10. The molecule has 3 aromatic carbocycles. The Morgan fingerprint density at radius 1 is 0.897 bits per heavy atom. The maximum atomic E-state index is 12.7. The van der Waals surface area contributed by atoms with E-state index in [4.69, 9.17) is 0 Å². The molecule has 0 aliphatic heterocycles. The molecule has 0 aliphatic carbocycles. The fraction of sp³-hybridized carbons (Fsp3) is 0.0952. The van der Waals surface area contributed by atoms with Crippen LogP contribution >= 0.6 is 0 Å². The summed E-state index contributed by atoms with van der Waals surface area (Å²) in [6, 6.07) is 21.1. The van der Waals surface area contributed by atoms with Crippen molar-refractivity contribution < 1.29 is 17.4 Å². The molecule has 6 nitrogen and oxygen atoms in total. The molecule has 150 valence electrons. The summed E-state index contributed by atoms with van der Waals surface area (Å²) in [5.74, 6) is -0.00779. The third-order valence-electron chi connectivity index (χ3n) is 4.07. The second-order valence-electron chi connectivity index (χ2n) is 6.08. The molecule has 0 saturated heterocycles. The Labute approximate surface area is 172 Å². The molecule has 0 heterocycles. The maximum Gasteiger partial charge on any atom is 0.261 e. The minimum atomic E-state index is -3.73. The van der Waals surface area contributed by atoms with Gasteiger partial charge in [-0.25, -0.2) is 8.42 Å². The molecule has 1 unspecified atom stereocenters. The van der Waals surface area contributed by atoms with E-state index >= 15 is 0 Å². The fourth-order valence-corrected chi connectivity index (χ4v) is 4.70. The summed E-state index contributed by atoms with van der Waals surface area (Å²) in [6.07, 6.45) is 0. The van der Waals surface area contributed by atoms with Gasteiger partial charge in [0.1, 0.15) is 0 Å². The van der Waals surface area contributed by atoms with Crippen molar-refractivity contribution in [2.45, 2.75) is 16.7 Å². The van der Waals surface area contributed by atoms with Gasteiger partial charge in [0, 0.05) is 11.4 Å². The summed E-state index contributed by atoms with van der Waals surface area (Å²) in [5.41, 5.74) is 1.06. The Bertz CT molecular complexity index is 1150. The molecule has 0 aliphatic rings. The lowest BCUT2D eigenvalue weighted by molar-refractivity contribution is 0.102. The Morgan fingerprint density at radius 2 is 1.55 bits per heavy atom. The Hall–Kier alpha value is -2.97. The van der Waals surface area contributed by atoms with Crippen LogP contribution in [0, 0.1) is 0 Å². The lowest BCUT2D eigenvalue weighted by Gasteiger charge is -2.12. The highest BCUT2D eigenvalue weighted by Crippen LogP contribution is 2.21. The average molecular weight is 429 g/mol. The van der Waals surface area contributed by atoms with E-state index in [1.54, 1.807) is 67.6 Å². The van der Waals surface area contributed by atoms with Gasteiger partial charge < -0.3 is 5.32 Å². The minimum Gasteiger partial charge on any atom is -0.322 e. The highest BCUT2D eigenvalue weighted by atomic mass is 32.2. The molecule has 0 spiro atoms. The zero-order valence-electron chi connectivity index (χ0n) is 15.7. The number of benzene rings is 3. The smallest absolute Gasteiger partial charge is 0.261 e. The number of amides is 1. The number of carbonyl (C=O) groups is 1. The largest absolute Gasteiger partial charge is 0.322 e. The SMILES string of the molecule is CCS(=O)c1ccccc1C(=O)Nc1cccc(NS(=O)(=O)c2ccccc2)c1. The molecule has 8 heteroatoms. The van der Waals surface area contributed by atoms with Gasteiger partial charge in [-0.05, 0) is 42.5 Å². The summed E-state index contributed by atoms with van der Waals surface area (Å²) in [5, 5.41) is 2.74. The second-order valence-corrected chi connectivity index (χ2v) is 9.47. The molecule has 1 atom stereocenters. The van der Waals surface area contributed by atoms with Gasteiger partial charge in [0.15, 0.2) is 0 Å². The monoisotopic (exact) mass is 428 g/mol. The van der Waals surface area contributed by atoms with Gasteiger partial charge in [-0.3, -0.25) is 13.7 Å². The van der Waals surface area contributed by atoms with Gasteiger partial charge in [-0.2, -0.15) is 0 Å². The van der Waals surface area contributed by atoms with E-state index in [1.807, 2.05) is 0 Å². The van der Waals surface area contributed by atoms with Crippen molar-refractivity contribution >= 4 is 38.1 Å². The summed E-state index contributed by atoms with van der Waals surface area (Å²) in [6.45, 7) is 1.78. The van der Waals surface area contributed by atoms with Crippen LogP contribution in [0.3, 0.4) is 0 Å². The molecule has 0 radical (unpaired) electrons. The van der Waals surface area contributed by atoms with E-state index in [-0.39, 0.29) is 4.90 Å². The Balaban J connectivity index is 1.81. The standard InChI is InChI=1S/C21H20N2O4S2/c1-2-28(25)20-14-7-6-13-19(20)21(24)22-16-9-8-10-17(15-16)23-29(26,27)18-11-4-3-5-12-18/h3-15,23H,2H2,1H3,(H,22,24). The molecule has 0 aromatic heterocycles. The van der Waals surface area contributed by atoms with E-state index in [2.05, 4.69) is 10.0 Å². The van der Waals surface area contributed by atoms with Crippen LogP contribution in [0.4, 0.5) is 11.4 Å². The normalized spacial score (nSPS) is 12.2. The van der Waals surface area contributed by atoms with E-state index in [9.17, 15) is 17.4 Å². The van der Waals surface area contributed by atoms with Gasteiger partial charge in [0.05, 0.1) is 31.8 Å².